The first kappa shape index (κ1) is 20.9. The average Bonchev–Trinajstić information content (AvgIpc) is 2.79. The summed E-state index contributed by atoms with van der Waals surface area (Å²) in [5.74, 6) is -0.473. The number of ether oxygens (including phenoxy) is 2. The van der Waals surface area contributed by atoms with Crippen LogP contribution in [-0.4, -0.2) is 47.1 Å². The van der Waals surface area contributed by atoms with Crippen LogP contribution >= 0.6 is 0 Å². The summed E-state index contributed by atoms with van der Waals surface area (Å²) in [5.41, 5.74) is 1.68. The minimum absolute atomic E-state index is 0.0964. The second kappa shape index (κ2) is 9.61. The third-order valence-corrected chi connectivity index (χ3v) is 4.93. The van der Waals surface area contributed by atoms with Crippen LogP contribution in [0.1, 0.15) is 18.2 Å². The molecule has 0 aliphatic carbocycles. The van der Waals surface area contributed by atoms with Gasteiger partial charge in [0.1, 0.15) is 23.5 Å². The van der Waals surface area contributed by atoms with E-state index in [-0.39, 0.29) is 24.8 Å². The quantitative estimate of drug-likeness (QED) is 0.601. The molecule has 1 aliphatic heterocycles. The van der Waals surface area contributed by atoms with E-state index in [2.05, 4.69) is 9.97 Å². The zero-order valence-corrected chi connectivity index (χ0v) is 16.7. The average molecular weight is 425 g/mol. The Bertz CT molecular complexity index is 1060. The molecule has 31 heavy (non-hydrogen) atoms. The van der Waals surface area contributed by atoms with Crippen LogP contribution in [0.25, 0.3) is 11.3 Å². The number of morpholine rings is 1. The van der Waals surface area contributed by atoms with Gasteiger partial charge in [0.05, 0.1) is 37.6 Å². The van der Waals surface area contributed by atoms with Crippen LogP contribution in [-0.2, 0) is 9.53 Å². The van der Waals surface area contributed by atoms with Crippen molar-refractivity contribution in [3.05, 3.63) is 78.3 Å². The minimum atomic E-state index is -0.478. The zero-order valence-electron chi connectivity index (χ0n) is 16.7. The Morgan fingerprint density at radius 1 is 1.10 bits per heavy atom. The van der Waals surface area contributed by atoms with E-state index < -0.39 is 11.9 Å². The Kier molecular flexibility index (Phi) is 6.47. The Morgan fingerprint density at radius 3 is 2.68 bits per heavy atom. The van der Waals surface area contributed by atoms with Gasteiger partial charge in [0.2, 0.25) is 5.91 Å². The number of aromatic nitrogens is 2. The SMILES string of the molecule is O=C(CCOc1cccc(F)c1)N1CCO[C@H](c2nccnc2-c2cccc(F)c2)C1. The largest absolute Gasteiger partial charge is 0.493 e. The van der Waals surface area contributed by atoms with Gasteiger partial charge in [-0.15, -0.1) is 0 Å². The number of benzene rings is 2. The van der Waals surface area contributed by atoms with Crippen LogP contribution in [0.15, 0.2) is 60.9 Å². The summed E-state index contributed by atoms with van der Waals surface area (Å²) in [6.45, 7) is 1.25. The van der Waals surface area contributed by atoms with Crippen LogP contribution < -0.4 is 4.74 Å². The van der Waals surface area contributed by atoms with E-state index in [4.69, 9.17) is 9.47 Å². The minimum Gasteiger partial charge on any atom is -0.493 e. The Balaban J connectivity index is 1.41. The molecule has 1 amide bonds. The Labute approximate surface area is 178 Å². The predicted molar refractivity (Wildman–Crippen MR) is 109 cm³/mol. The van der Waals surface area contributed by atoms with Crippen LogP contribution in [0.4, 0.5) is 8.78 Å². The van der Waals surface area contributed by atoms with Crippen LogP contribution in [0, 0.1) is 11.6 Å². The molecule has 1 fully saturated rings. The third-order valence-electron chi connectivity index (χ3n) is 4.93. The molecule has 0 bridgehead atoms. The van der Waals surface area contributed by atoms with Crippen molar-refractivity contribution in [2.75, 3.05) is 26.3 Å². The molecule has 8 heteroatoms. The molecule has 2 heterocycles. The first-order valence-electron chi connectivity index (χ1n) is 9.95. The van der Waals surface area contributed by atoms with Crippen LogP contribution in [0.2, 0.25) is 0 Å². The Hall–Kier alpha value is -3.39. The molecule has 1 aromatic heterocycles. The van der Waals surface area contributed by atoms with Crippen molar-refractivity contribution in [2.24, 2.45) is 0 Å². The van der Waals surface area contributed by atoms with Gasteiger partial charge in [0, 0.05) is 30.6 Å². The lowest BCUT2D eigenvalue weighted by molar-refractivity contribution is -0.139. The predicted octanol–water partition coefficient (Wildman–Crippen LogP) is 3.79. The highest BCUT2D eigenvalue weighted by Gasteiger charge is 2.28. The summed E-state index contributed by atoms with van der Waals surface area (Å²) in [5, 5.41) is 0. The molecular weight excluding hydrogens is 404 g/mol. The van der Waals surface area contributed by atoms with Crippen molar-refractivity contribution in [1.29, 1.82) is 0 Å². The maximum atomic E-state index is 13.7. The topological polar surface area (TPSA) is 64.5 Å². The number of carbonyl (C=O) groups excluding carboxylic acids is 1. The lowest BCUT2D eigenvalue weighted by atomic mass is 10.0. The highest BCUT2D eigenvalue weighted by atomic mass is 19.1. The van der Waals surface area contributed by atoms with Crippen molar-refractivity contribution in [2.45, 2.75) is 12.5 Å². The van der Waals surface area contributed by atoms with Gasteiger partial charge in [0.15, 0.2) is 0 Å². The maximum Gasteiger partial charge on any atom is 0.226 e. The van der Waals surface area contributed by atoms with Gasteiger partial charge in [-0.2, -0.15) is 0 Å². The molecular formula is C23H21F2N3O3. The lowest BCUT2D eigenvalue weighted by Gasteiger charge is -2.33. The molecule has 3 aromatic rings. The van der Waals surface area contributed by atoms with Crippen molar-refractivity contribution in [1.82, 2.24) is 14.9 Å². The van der Waals surface area contributed by atoms with E-state index in [0.717, 1.165) is 0 Å². The molecule has 160 valence electrons. The fourth-order valence-corrected chi connectivity index (χ4v) is 3.45. The molecule has 2 aromatic carbocycles. The molecule has 6 nitrogen and oxygen atoms in total. The molecule has 0 saturated carbocycles. The number of halogens is 2. The molecule has 0 radical (unpaired) electrons. The van der Waals surface area contributed by atoms with Crippen molar-refractivity contribution < 1.29 is 23.0 Å². The second-order valence-corrected chi connectivity index (χ2v) is 7.06. The lowest BCUT2D eigenvalue weighted by Crippen LogP contribution is -2.43. The van der Waals surface area contributed by atoms with Crippen molar-refractivity contribution in [3.63, 3.8) is 0 Å². The van der Waals surface area contributed by atoms with Gasteiger partial charge >= 0.3 is 0 Å². The van der Waals surface area contributed by atoms with Gasteiger partial charge in [-0.05, 0) is 24.3 Å². The zero-order chi connectivity index (χ0) is 21.6. The van der Waals surface area contributed by atoms with E-state index >= 15 is 0 Å². The molecule has 1 atom stereocenters. The first-order valence-corrected chi connectivity index (χ1v) is 9.95. The van der Waals surface area contributed by atoms with Gasteiger partial charge in [-0.25, -0.2) is 8.78 Å². The monoisotopic (exact) mass is 425 g/mol. The van der Waals surface area contributed by atoms with E-state index in [0.29, 0.717) is 42.4 Å². The summed E-state index contributed by atoms with van der Waals surface area (Å²) in [6, 6.07) is 11.9. The second-order valence-electron chi connectivity index (χ2n) is 7.06. The first-order chi connectivity index (χ1) is 15.1. The number of amides is 1. The van der Waals surface area contributed by atoms with E-state index in [9.17, 15) is 13.6 Å². The van der Waals surface area contributed by atoms with Crippen LogP contribution in [0.5, 0.6) is 5.75 Å². The summed E-state index contributed by atoms with van der Waals surface area (Å²) in [6.07, 6.45) is 2.77. The van der Waals surface area contributed by atoms with Crippen LogP contribution in [0.3, 0.4) is 0 Å². The van der Waals surface area contributed by atoms with Gasteiger partial charge in [-0.3, -0.25) is 14.8 Å². The normalized spacial score (nSPS) is 16.2. The number of hydrogen-bond donors (Lipinski definition) is 0. The molecule has 0 unspecified atom stereocenters. The number of hydrogen-bond acceptors (Lipinski definition) is 5. The highest BCUT2D eigenvalue weighted by Crippen LogP contribution is 2.29. The Morgan fingerprint density at radius 2 is 1.87 bits per heavy atom. The van der Waals surface area contributed by atoms with E-state index in [1.54, 1.807) is 41.6 Å². The fourth-order valence-electron chi connectivity index (χ4n) is 3.45. The summed E-state index contributed by atoms with van der Waals surface area (Å²) in [4.78, 5) is 23.1. The molecule has 1 saturated heterocycles. The number of carbonyl (C=O) groups is 1. The molecule has 4 rings (SSSR count). The van der Waals surface area contributed by atoms with Crippen molar-refractivity contribution >= 4 is 5.91 Å². The summed E-state index contributed by atoms with van der Waals surface area (Å²) < 4.78 is 38.2. The number of nitrogens with zero attached hydrogens (tertiary/aromatic N) is 3. The highest BCUT2D eigenvalue weighted by molar-refractivity contribution is 5.76. The molecule has 0 N–H and O–H groups in total. The summed E-state index contributed by atoms with van der Waals surface area (Å²) in [7, 11) is 0. The van der Waals surface area contributed by atoms with Gasteiger partial charge in [-0.1, -0.05) is 18.2 Å². The van der Waals surface area contributed by atoms with Crippen molar-refractivity contribution in [3.8, 4) is 17.0 Å². The summed E-state index contributed by atoms with van der Waals surface area (Å²) >= 11 is 0. The van der Waals surface area contributed by atoms with Gasteiger partial charge in [0.25, 0.3) is 0 Å². The van der Waals surface area contributed by atoms with E-state index in [1.807, 2.05) is 0 Å². The van der Waals surface area contributed by atoms with Gasteiger partial charge < -0.3 is 14.4 Å². The standard InChI is InChI=1S/C23H21F2N3O3/c24-17-4-1-3-16(13-17)22-23(27-9-8-26-22)20-15-28(10-12-31-20)21(29)7-11-30-19-6-2-5-18(25)14-19/h1-6,8-9,13-14,20H,7,10-12,15H2/t20-/m0/s1. The maximum absolute atomic E-state index is 13.7. The smallest absolute Gasteiger partial charge is 0.226 e. The van der Waals surface area contributed by atoms with E-state index in [1.165, 1.54) is 24.3 Å². The number of rotatable bonds is 6. The molecule has 0 spiro atoms. The fraction of sp³-hybridized carbons (Fsp3) is 0.261. The third kappa shape index (κ3) is 5.21. The molecule has 1 aliphatic rings.